The lowest BCUT2D eigenvalue weighted by Gasteiger charge is -2.13. The third-order valence-corrected chi connectivity index (χ3v) is 3.28. The average Bonchev–Trinajstić information content (AvgIpc) is 2.47. The molecule has 0 aliphatic heterocycles. The summed E-state index contributed by atoms with van der Waals surface area (Å²) >= 11 is 0. The van der Waals surface area contributed by atoms with Crippen molar-refractivity contribution in [1.82, 2.24) is 15.1 Å². The fourth-order valence-electron chi connectivity index (χ4n) is 1.96. The van der Waals surface area contributed by atoms with E-state index in [4.69, 9.17) is 0 Å². The molecule has 0 aliphatic rings. The minimum atomic E-state index is 0.614. The first-order valence-electron chi connectivity index (χ1n) is 6.30. The molecule has 1 aromatic heterocycles. The maximum Gasteiger partial charge on any atom is 0.0625 e. The lowest BCUT2D eigenvalue weighted by molar-refractivity contribution is 0.468. The third-order valence-electron chi connectivity index (χ3n) is 3.28. The van der Waals surface area contributed by atoms with Gasteiger partial charge in [-0.1, -0.05) is 13.3 Å². The van der Waals surface area contributed by atoms with Gasteiger partial charge in [-0.05, 0) is 39.7 Å². The monoisotopic (exact) mass is 223 g/mol. The molecule has 0 aliphatic carbocycles. The summed E-state index contributed by atoms with van der Waals surface area (Å²) < 4.78 is 2.11. The topological polar surface area (TPSA) is 29.9 Å². The van der Waals surface area contributed by atoms with E-state index in [1.165, 1.54) is 24.1 Å². The van der Waals surface area contributed by atoms with Crippen LogP contribution < -0.4 is 5.32 Å². The Hall–Kier alpha value is -0.830. The van der Waals surface area contributed by atoms with E-state index in [2.05, 4.69) is 49.7 Å². The molecule has 0 spiro atoms. The number of nitrogens with one attached hydrogen (secondary N) is 1. The summed E-state index contributed by atoms with van der Waals surface area (Å²) in [4.78, 5) is 0. The van der Waals surface area contributed by atoms with Crippen molar-refractivity contribution < 1.29 is 0 Å². The van der Waals surface area contributed by atoms with Crippen molar-refractivity contribution in [2.45, 2.75) is 60.0 Å². The van der Waals surface area contributed by atoms with Crippen molar-refractivity contribution in [2.75, 3.05) is 6.54 Å². The van der Waals surface area contributed by atoms with Crippen LogP contribution in [0, 0.1) is 20.8 Å². The fourth-order valence-corrected chi connectivity index (χ4v) is 1.96. The highest BCUT2D eigenvalue weighted by molar-refractivity contribution is 5.22. The van der Waals surface area contributed by atoms with Crippen LogP contribution in [0.1, 0.15) is 43.6 Å². The molecule has 0 aromatic carbocycles. The molecule has 0 bridgehead atoms. The van der Waals surface area contributed by atoms with Gasteiger partial charge in [-0.3, -0.25) is 4.68 Å². The highest BCUT2D eigenvalue weighted by atomic mass is 15.3. The first-order valence-corrected chi connectivity index (χ1v) is 6.30. The van der Waals surface area contributed by atoms with Crippen molar-refractivity contribution in [3.8, 4) is 0 Å². The van der Waals surface area contributed by atoms with Gasteiger partial charge in [0.2, 0.25) is 0 Å². The molecule has 0 amide bonds. The SMILES string of the molecule is CCCC(C)NCCn1nc(C)c(C)c1C. The summed E-state index contributed by atoms with van der Waals surface area (Å²) in [6, 6.07) is 0.614. The summed E-state index contributed by atoms with van der Waals surface area (Å²) in [7, 11) is 0. The van der Waals surface area contributed by atoms with Crippen LogP contribution in [0.3, 0.4) is 0 Å². The second kappa shape index (κ2) is 6.04. The summed E-state index contributed by atoms with van der Waals surface area (Å²) in [5.74, 6) is 0. The molecule has 3 heteroatoms. The average molecular weight is 223 g/mol. The lowest BCUT2D eigenvalue weighted by Crippen LogP contribution is -2.29. The molecule has 1 atom stereocenters. The van der Waals surface area contributed by atoms with Gasteiger partial charge < -0.3 is 5.32 Å². The third kappa shape index (κ3) is 3.34. The van der Waals surface area contributed by atoms with Gasteiger partial charge in [0.15, 0.2) is 0 Å². The van der Waals surface area contributed by atoms with Crippen LogP contribution in [-0.2, 0) is 6.54 Å². The Labute approximate surface area is 99.2 Å². The van der Waals surface area contributed by atoms with Crippen molar-refractivity contribution >= 4 is 0 Å². The number of rotatable bonds is 6. The van der Waals surface area contributed by atoms with E-state index in [9.17, 15) is 0 Å². The van der Waals surface area contributed by atoms with Gasteiger partial charge in [-0.15, -0.1) is 0 Å². The van der Waals surface area contributed by atoms with E-state index in [1.807, 2.05) is 0 Å². The van der Waals surface area contributed by atoms with Crippen molar-refractivity contribution in [1.29, 1.82) is 0 Å². The predicted octanol–water partition coefficient (Wildman–Crippen LogP) is 2.59. The van der Waals surface area contributed by atoms with Crippen LogP contribution in [0.15, 0.2) is 0 Å². The van der Waals surface area contributed by atoms with Gasteiger partial charge in [0.05, 0.1) is 12.2 Å². The summed E-state index contributed by atoms with van der Waals surface area (Å²) in [6.45, 7) is 12.8. The van der Waals surface area contributed by atoms with Crippen LogP contribution >= 0.6 is 0 Å². The normalized spacial score (nSPS) is 13.1. The zero-order valence-corrected chi connectivity index (χ0v) is 11.3. The molecule has 1 aromatic rings. The fraction of sp³-hybridized carbons (Fsp3) is 0.769. The molecule has 0 saturated heterocycles. The van der Waals surface area contributed by atoms with Crippen molar-refractivity contribution in [3.63, 3.8) is 0 Å². The van der Waals surface area contributed by atoms with Gasteiger partial charge in [-0.25, -0.2) is 0 Å². The molecule has 1 heterocycles. The first-order chi connectivity index (χ1) is 7.56. The second-order valence-electron chi connectivity index (χ2n) is 4.66. The van der Waals surface area contributed by atoms with Crippen LogP contribution in [0.5, 0.6) is 0 Å². The van der Waals surface area contributed by atoms with Gasteiger partial charge >= 0.3 is 0 Å². The number of nitrogens with zero attached hydrogens (tertiary/aromatic N) is 2. The predicted molar refractivity (Wildman–Crippen MR) is 68.8 cm³/mol. The molecule has 92 valence electrons. The zero-order valence-electron chi connectivity index (χ0n) is 11.3. The van der Waals surface area contributed by atoms with Gasteiger partial charge in [0.25, 0.3) is 0 Å². The number of hydrogen-bond donors (Lipinski definition) is 1. The molecule has 0 fully saturated rings. The van der Waals surface area contributed by atoms with Crippen LogP contribution in [0.2, 0.25) is 0 Å². The van der Waals surface area contributed by atoms with E-state index in [1.54, 1.807) is 0 Å². The van der Waals surface area contributed by atoms with Crippen molar-refractivity contribution in [2.24, 2.45) is 0 Å². The molecule has 1 N–H and O–H groups in total. The van der Waals surface area contributed by atoms with E-state index in [-0.39, 0.29) is 0 Å². The number of aromatic nitrogens is 2. The van der Waals surface area contributed by atoms with Crippen molar-refractivity contribution in [3.05, 3.63) is 17.0 Å². The Morgan fingerprint density at radius 3 is 2.50 bits per heavy atom. The maximum absolute atomic E-state index is 4.53. The molecule has 16 heavy (non-hydrogen) atoms. The van der Waals surface area contributed by atoms with Gasteiger partial charge in [-0.2, -0.15) is 5.10 Å². The Morgan fingerprint density at radius 1 is 1.31 bits per heavy atom. The standard InChI is InChI=1S/C13H25N3/c1-6-7-10(2)14-8-9-16-13(5)11(3)12(4)15-16/h10,14H,6-9H2,1-5H3. The van der Waals surface area contributed by atoms with Crippen LogP contribution in [0.25, 0.3) is 0 Å². The highest BCUT2D eigenvalue weighted by Crippen LogP contribution is 2.10. The van der Waals surface area contributed by atoms with Crippen LogP contribution in [-0.4, -0.2) is 22.4 Å². The van der Waals surface area contributed by atoms with Gasteiger partial charge in [0, 0.05) is 18.3 Å². The summed E-state index contributed by atoms with van der Waals surface area (Å²) in [5, 5.41) is 8.06. The Morgan fingerprint density at radius 2 is 2.00 bits per heavy atom. The maximum atomic E-state index is 4.53. The Kier molecular flexibility index (Phi) is 5.00. The lowest BCUT2D eigenvalue weighted by atomic mass is 10.2. The number of hydrogen-bond acceptors (Lipinski definition) is 2. The first kappa shape index (κ1) is 13.2. The summed E-state index contributed by atoms with van der Waals surface area (Å²) in [6.07, 6.45) is 2.49. The van der Waals surface area contributed by atoms with E-state index in [0.29, 0.717) is 6.04 Å². The smallest absolute Gasteiger partial charge is 0.0625 e. The van der Waals surface area contributed by atoms with E-state index < -0.39 is 0 Å². The molecule has 3 nitrogen and oxygen atoms in total. The van der Waals surface area contributed by atoms with Crippen LogP contribution in [0.4, 0.5) is 0 Å². The summed E-state index contributed by atoms with van der Waals surface area (Å²) in [5.41, 5.74) is 3.77. The molecule has 0 radical (unpaired) electrons. The number of aryl methyl sites for hydroxylation is 1. The minimum Gasteiger partial charge on any atom is -0.312 e. The zero-order chi connectivity index (χ0) is 12.1. The molecular formula is C13H25N3. The Balaban J connectivity index is 2.40. The molecule has 1 unspecified atom stereocenters. The molecule has 0 saturated carbocycles. The largest absolute Gasteiger partial charge is 0.312 e. The molecular weight excluding hydrogens is 198 g/mol. The minimum absolute atomic E-state index is 0.614. The second-order valence-corrected chi connectivity index (χ2v) is 4.66. The Bertz CT molecular complexity index is 328. The van der Waals surface area contributed by atoms with E-state index >= 15 is 0 Å². The molecule has 1 rings (SSSR count). The highest BCUT2D eigenvalue weighted by Gasteiger charge is 2.06. The van der Waals surface area contributed by atoms with E-state index in [0.717, 1.165) is 18.8 Å². The quantitative estimate of drug-likeness (QED) is 0.803. The van der Waals surface area contributed by atoms with Gasteiger partial charge in [0.1, 0.15) is 0 Å².